The van der Waals surface area contributed by atoms with Crippen molar-refractivity contribution in [2.75, 3.05) is 59.6 Å². The molecule has 2 unspecified atom stereocenters. The molecule has 2 fully saturated rings. The van der Waals surface area contributed by atoms with Gasteiger partial charge in [-0.15, -0.1) is 11.3 Å². The molecule has 0 saturated carbocycles. The van der Waals surface area contributed by atoms with Gasteiger partial charge in [-0.25, -0.2) is 9.97 Å². The molecule has 34 heavy (non-hydrogen) atoms. The second-order valence-corrected chi connectivity index (χ2v) is 9.71. The first-order valence-corrected chi connectivity index (χ1v) is 12.3. The summed E-state index contributed by atoms with van der Waals surface area (Å²) in [4.78, 5) is 28.9. The molecular weight excluding hydrogens is 454 g/mol. The second kappa shape index (κ2) is 10.3. The molecule has 10 heteroatoms. The Kier molecular flexibility index (Phi) is 7.02. The maximum Gasteiger partial charge on any atom is 0.248 e. The highest BCUT2D eigenvalue weighted by atomic mass is 32.1. The highest BCUT2D eigenvalue weighted by Crippen LogP contribution is 2.37. The number of benzene rings is 1. The van der Waals surface area contributed by atoms with Gasteiger partial charge < -0.3 is 19.5 Å². The van der Waals surface area contributed by atoms with Crippen LogP contribution in [0, 0.1) is 0 Å². The van der Waals surface area contributed by atoms with Crippen LogP contribution in [0.3, 0.4) is 0 Å². The van der Waals surface area contributed by atoms with Crippen LogP contribution in [0.25, 0.3) is 10.2 Å². The smallest absolute Gasteiger partial charge is 0.248 e. The molecule has 1 aromatic carbocycles. The van der Waals surface area contributed by atoms with Crippen molar-refractivity contribution in [1.29, 1.82) is 0 Å². The van der Waals surface area contributed by atoms with Crippen molar-refractivity contribution in [2.24, 2.45) is 0 Å². The van der Waals surface area contributed by atoms with Crippen LogP contribution in [-0.4, -0.2) is 95.3 Å². The number of thiophene rings is 1. The van der Waals surface area contributed by atoms with Crippen molar-refractivity contribution in [1.82, 2.24) is 24.7 Å². The van der Waals surface area contributed by atoms with Gasteiger partial charge in [-0.1, -0.05) is 12.1 Å². The number of phenols is 1. The molecule has 0 spiro atoms. The molecule has 9 nitrogen and oxygen atoms in total. The Balaban J connectivity index is 1.41. The topological polar surface area (TPSA) is 91.3 Å². The van der Waals surface area contributed by atoms with Crippen LogP contribution in [0.4, 0.5) is 0 Å². The number of nitrogens with zero attached hydrogens (tertiary/aromatic N) is 5. The monoisotopic (exact) mass is 483 g/mol. The number of carbonyl (C=O) groups is 1. The molecule has 4 heterocycles. The van der Waals surface area contributed by atoms with Gasteiger partial charge in [0.05, 0.1) is 29.1 Å². The van der Waals surface area contributed by atoms with Gasteiger partial charge in [0.15, 0.2) is 0 Å². The quantitative estimate of drug-likeness (QED) is 0.571. The highest BCUT2D eigenvalue weighted by Gasteiger charge is 2.35. The fourth-order valence-corrected chi connectivity index (χ4v) is 5.93. The fourth-order valence-electron chi connectivity index (χ4n) is 4.77. The minimum Gasteiger partial charge on any atom is -0.508 e. The number of carbonyl (C=O) groups excluding carboxylic acids is 1. The fraction of sp³-hybridized carbons (Fsp3) is 0.458. The predicted molar refractivity (Wildman–Crippen MR) is 129 cm³/mol. The standard InChI is InChI=1S/C24H29N5O4S/c1-32-15-23(31)27-5-7-28(8-6-27)24(21-12-19-22(34-21)13-25-16-26-19)29-9-10-33-20(14-29)17-3-2-4-18(30)11-17/h2-4,11-13,16,20,24,30H,5-10,14-15H2,1H3. The third-order valence-corrected chi connectivity index (χ3v) is 7.53. The average Bonchev–Trinajstić information content (AvgIpc) is 3.28. The number of amides is 1. The summed E-state index contributed by atoms with van der Waals surface area (Å²) in [5.74, 6) is 0.279. The lowest BCUT2D eigenvalue weighted by Gasteiger charge is -2.46. The average molecular weight is 484 g/mol. The maximum atomic E-state index is 12.3. The van der Waals surface area contributed by atoms with Gasteiger partial charge in [0.25, 0.3) is 0 Å². The Morgan fingerprint density at radius 3 is 2.85 bits per heavy atom. The minimum atomic E-state index is -0.123. The minimum absolute atomic E-state index is 0.0335. The van der Waals surface area contributed by atoms with E-state index in [1.165, 1.54) is 4.88 Å². The highest BCUT2D eigenvalue weighted by molar-refractivity contribution is 7.19. The largest absolute Gasteiger partial charge is 0.508 e. The molecule has 180 valence electrons. The Morgan fingerprint density at radius 2 is 2.09 bits per heavy atom. The van der Waals surface area contributed by atoms with Crippen molar-refractivity contribution in [3.63, 3.8) is 0 Å². The zero-order valence-electron chi connectivity index (χ0n) is 19.2. The Labute approximate surface area is 202 Å². The number of aromatic hydroxyl groups is 1. The second-order valence-electron chi connectivity index (χ2n) is 8.59. The molecule has 0 aliphatic carbocycles. The Morgan fingerprint density at radius 1 is 1.24 bits per heavy atom. The van der Waals surface area contributed by atoms with Gasteiger partial charge in [0.1, 0.15) is 18.7 Å². The number of aromatic nitrogens is 2. The first-order chi connectivity index (χ1) is 16.6. The Bertz CT molecular complexity index is 1100. The van der Waals surface area contributed by atoms with E-state index in [-0.39, 0.29) is 30.5 Å². The van der Waals surface area contributed by atoms with Crippen LogP contribution in [0.15, 0.2) is 42.9 Å². The molecule has 2 atom stereocenters. The number of piperazine rings is 1. The summed E-state index contributed by atoms with van der Waals surface area (Å²) in [6, 6.07) is 9.46. The van der Waals surface area contributed by atoms with Crippen LogP contribution < -0.4 is 0 Å². The van der Waals surface area contributed by atoms with E-state index in [0.29, 0.717) is 26.2 Å². The van der Waals surface area contributed by atoms with Gasteiger partial charge in [-0.05, 0) is 23.8 Å². The number of hydrogen-bond donors (Lipinski definition) is 1. The van der Waals surface area contributed by atoms with E-state index in [9.17, 15) is 9.90 Å². The third kappa shape index (κ3) is 4.91. The Hall–Kier alpha value is -2.63. The molecule has 0 bridgehead atoms. The number of fused-ring (bicyclic) bond motifs is 1. The predicted octanol–water partition coefficient (Wildman–Crippen LogP) is 2.26. The van der Waals surface area contributed by atoms with Crippen molar-refractivity contribution in [3.05, 3.63) is 53.3 Å². The molecule has 5 rings (SSSR count). The van der Waals surface area contributed by atoms with Crippen LogP contribution in [-0.2, 0) is 14.3 Å². The number of hydrogen-bond acceptors (Lipinski definition) is 9. The third-order valence-electron chi connectivity index (χ3n) is 6.44. The van der Waals surface area contributed by atoms with Crippen molar-refractivity contribution in [2.45, 2.75) is 12.3 Å². The van der Waals surface area contributed by atoms with Crippen LogP contribution in [0.1, 0.15) is 22.7 Å². The lowest BCUT2D eigenvalue weighted by atomic mass is 10.1. The van der Waals surface area contributed by atoms with Crippen molar-refractivity contribution in [3.8, 4) is 5.75 Å². The van der Waals surface area contributed by atoms with Crippen molar-refractivity contribution >= 4 is 27.5 Å². The maximum absolute atomic E-state index is 12.3. The molecule has 0 radical (unpaired) electrons. The lowest BCUT2D eigenvalue weighted by Crippen LogP contribution is -2.55. The lowest BCUT2D eigenvalue weighted by molar-refractivity contribution is -0.139. The first kappa shape index (κ1) is 23.1. The molecule has 1 N–H and O–H groups in total. The molecule has 1 amide bonds. The molecule has 2 aliphatic heterocycles. The number of ether oxygens (including phenoxy) is 2. The van der Waals surface area contributed by atoms with E-state index < -0.39 is 0 Å². The van der Waals surface area contributed by atoms with E-state index in [2.05, 4.69) is 25.8 Å². The summed E-state index contributed by atoms with van der Waals surface area (Å²) in [6.07, 6.45) is 3.37. The summed E-state index contributed by atoms with van der Waals surface area (Å²) < 4.78 is 12.2. The van der Waals surface area contributed by atoms with Gasteiger partial charge in [0.2, 0.25) is 5.91 Å². The summed E-state index contributed by atoms with van der Waals surface area (Å²) >= 11 is 1.72. The zero-order valence-corrected chi connectivity index (χ0v) is 20.0. The van der Waals surface area contributed by atoms with E-state index in [1.54, 1.807) is 36.9 Å². The van der Waals surface area contributed by atoms with Crippen LogP contribution >= 0.6 is 11.3 Å². The number of rotatable bonds is 6. The van der Waals surface area contributed by atoms with Crippen molar-refractivity contribution < 1.29 is 19.4 Å². The van der Waals surface area contributed by atoms with E-state index in [4.69, 9.17) is 9.47 Å². The molecular formula is C24H29N5O4S. The van der Waals surface area contributed by atoms with Crippen LogP contribution in [0.2, 0.25) is 0 Å². The normalized spacial score (nSPS) is 21.1. The summed E-state index contributed by atoms with van der Waals surface area (Å²) in [5, 5.41) is 9.96. The summed E-state index contributed by atoms with van der Waals surface area (Å²) in [7, 11) is 1.55. The number of phenolic OH excluding ortho intramolecular Hbond substituents is 1. The van der Waals surface area contributed by atoms with Gasteiger partial charge in [0, 0.05) is 57.5 Å². The number of morpholine rings is 1. The molecule has 2 saturated heterocycles. The van der Waals surface area contributed by atoms with E-state index >= 15 is 0 Å². The van der Waals surface area contributed by atoms with E-state index in [0.717, 1.165) is 35.4 Å². The molecule has 3 aromatic rings. The van der Waals surface area contributed by atoms with Gasteiger partial charge in [-0.2, -0.15) is 0 Å². The van der Waals surface area contributed by atoms with Gasteiger partial charge >= 0.3 is 0 Å². The summed E-state index contributed by atoms with van der Waals surface area (Å²) in [5.41, 5.74) is 1.92. The van der Waals surface area contributed by atoms with E-state index in [1.807, 2.05) is 23.2 Å². The molecule has 2 aromatic heterocycles. The zero-order chi connectivity index (χ0) is 23.5. The van der Waals surface area contributed by atoms with Gasteiger partial charge in [-0.3, -0.25) is 14.6 Å². The number of methoxy groups -OCH3 is 1. The molecule has 2 aliphatic rings. The van der Waals surface area contributed by atoms with Crippen LogP contribution in [0.5, 0.6) is 5.75 Å². The summed E-state index contributed by atoms with van der Waals surface area (Å²) in [6.45, 7) is 5.11. The SMILES string of the molecule is COCC(=O)N1CCN(C(c2cc3ncncc3s2)N2CCOC(c3cccc(O)c3)C2)CC1. The first-order valence-electron chi connectivity index (χ1n) is 11.5.